The molecule has 0 aromatic heterocycles. The molecule has 30 heavy (non-hydrogen) atoms. The molecular weight excluding hydrogens is 378 g/mol. The highest BCUT2D eigenvalue weighted by atomic mass is 16.2. The predicted octanol–water partition coefficient (Wildman–Crippen LogP) is 3.61. The SMILES string of the molecule is CCCCN1C(=O)c2ccc(C(=O)NCc3ccccc3N3CCCC3)cc2C1=O. The first-order valence-corrected chi connectivity index (χ1v) is 10.7. The standard InChI is InChI=1S/C24H27N3O3/c1-2-3-14-27-23(29)19-11-10-17(15-20(19)24(27)30)22(28)25-16-18-8-4-5-9-21(18)26-12-6-7-13-26/h4-5,8-11,15H,2-3,6-7,12-14,16H2,1H3,(H,25,28). The van der Waals surface area contributed by atoms with Gasteiger partial charge in [-0.1, -0.05) is 31.5 Å². The van der Waals surface area contributed by atoms with Crippen molar-refractivity contribution in [2.45, 2.75) is 39.2 Å². The highest BCUT2D eigenvalue weighted by Crippen LogP contribution is 2.26. The third-order valence-corrected chi connectivity index (χ3v) is 5.85. The summed E-state index contributed by atoms with van der Waals surface area (Å²) in [7, 11) is 0. The molecule has 0 radical (unpaired) electrons. The first kappa shape index (κ1) is 20.1. The van der Waals surface area contributed by atoms with Gasteiger partial charge < -0.3 is 10.2 Å². The van der Waals surface area contributed by atoms with Crippen molar-refractivity contribution < 1.29 is 14.4 Å². The van der Waals surface area contributed by atoms with Crippen LogP contribution in [0.15, 0.2) is 42.5 Å². The van der Waals surface area contributed by atoms with Crippen molar-refractivity contribution in [1.29, 1.82) is 0 Å². The molecule has 6 heteroatoms. The number of rotatable bonds is 7. The zero-order valence-corrected chi connectivity index (χ0v) is 17.3. The Balaban J connectivity index is 1.47. The lowest BCUT2D eigenvalue weighted by molar-refractivity contribution is 0.0652. The van der Waals surface area contributed by atoms with Gasteiger partial charge in [-0.25, -0.2) is 0 Å². The molecule has 156 valence electrons. The molecule has 2 aromatic rings. The number of amides is 3. The van der Waals surface area contributed by atoms with Gasteiger partial charge >= 0.3 is 0 Å². The number of unbranched alkanes of at least 4 members (excludes halogenated alkanes) is 1. The molecule has 1 fully saturated rings. The van der Waals surface area contributed by atoms with Crippen LogP contribution >= 0.6 is 0 Å². The van der Waals surface area contributed by atoms with E-state index in [-0.39, 0.29) is 17.7 Å². The zero-order valence-electron chi connectivity index (χ0n) is 17.3. The molecule has 4 rings (SSSR count). The summed E-state index contributed by atoms with van der Waals surface area (Å²) in [5.74, 6) is -0.825. The average Bonchev–Trinajstić information content (AvgIpc) is 3.39. The van der Waals surface area contributed by atoms with Gasteiger partial charge in [0, 0.05) is 37.4 Å². The van der Waals surface area contributed by atoms with Gasteiger partial charge in [0.25, 0.3) is 17.7 Å². The molecule has 2 aromatic carbocycles. The third-order valence-electron chi connectivity index (χ3n) is 5.85. The van der Waals surface area contributed by atoms with Gasteiger partial charge in [-0.05, 0) is 49.1 Å². The van der Waals surface area contributed by atoms with E-state index in [2.05, 4.69) is 16.3 Å². The van der Waals surface area contributed by atoms with E-state index in [0.717, 1.165) is 37.2 Å². The lowest BCUT2D eigenvalue weighted by atomic mass is 10.1. The molecule has 2 aliphatic heterocycles. The number of nitrogens with one attached hydrogen (secondary N) is 1. The second-order valence-corrected chi connectivity index (χ2v) is 7.88. The summed E-state index contributed by atoms with van der Waals surface area (Å²) >= 11 is 0. The van der Waals surface area contributed by atoms with E-state index in [9.17, 15) is 14.4 Å². The molecule has 6 nitrogen and oxygen atoms in total. The molecule has 0 aliphatic carbocycles. The Morgan fingerprint density at radius 1 is 1.00 bits per heavy atom. The van der Waals surface area contributed by atoms with Crippen LogP contribution in [0.25, 0.3) is 0 Å². The monoisotopic (exact) mass is 405 g/mol. The molecular formula is C24H27N3O3. The zero-order chi connectivity index (χ0) is 21.1. The van der Waals surface area contributed by atoms with E-state index in [4.69, 9.17) is 0 Å². The Morgan fingerprint density at radius 3 is 2.50 bits per heavy atom. The number of carbonyl (C=O) groups excluding carboxylic acids is 3. The maximum absolute atomic E-state index is 12.8. The number of nitrogens with zero attached hydrogens (tertiary/aromatic N) is 2. The molecule has 0 saturated carbocycles. The minimum absolute atomic E-state index is 0.249. The van der Waals surface area contributed by atoms with Crippen LogP contribution in [0, 0.1) is 0 Å². The Labute approximate surface area is 176 Å². The molecule has 1 N–H and O–H groups in total. The van der Waals surface area contributed by atoms with E-state index >= 15 is 0 Å². The normalized spacial score (nSPS) is 15.6. The van der Waals surface area contributed by atoms with Gasteiger partial charge in [0.05, 0.1) is 11.1 Å². The van der Waals surface area contributed by atoms with Gasteiger partial charge in [0.2, 0.25) is 0 Å². The summed E-state index contributed by atoms with van der Waals surface area (Å²) in [5, 5.41) is 2.97. The van der Waals surface area contributed by atoms with Crippen molar-refractivity contribution in [1.82, 2.24) is 10.2 Å². The van der Waals surface area contributed by atoms with Crippen molar-refractivity contribution in [3.8, 4) is 0 Å². The fourth-order valence-electron chi connectivity index (χ4n) is 4.16. The van der Waals surface area contributed by atoms with E-state index in [1.54, 1.807) is 18.2 Å². The van der Waals surface area contributed by atoms with Gasteiger partial charge in [0.1, 0.15) is 0 Å². The maximum Gasteiger partial charge on any atom is 0.261 e. The van der Waals surface area contributed by atoms with E-state index < -0.39 is 0 Å². The fourth-order valence-corrected chi connectivity index (χ4v) is 4.16. The quantitative estimate of drug-likeness (QED) is 0.715. The first-order valence-electron chi connectivity index (χ1n) is 10.7. The molecule has 0 unspecified atom stereocenters. The van der Waals surface area contributed by atoms with Crippen LogP contribution in [0.2, 0.25) is 0 Å². The van der Waals surface area contributed by atoms with Crippen molar-refractivity contribution in [2.24, 2.45) is 0 Å². The van der Waals surface area contributed by atoms with Crippen LogP contribution in [0.1, 0.15) is 69.2 Å². The van der Waals surface area contributed by atoms with Crippen LogP contribution in [0.3, 0.4) is 0 Å². The number of hydrogen-bond acceptors (Lipinski definition) is 4. The molecule has 2 aliphatic rings. The highest BCUT2D eigenvalue weighted by Gasteiger charge is 2.35. The smallest absolute Gasteiger partial charge is 0.261 e. The molecule has 3 amide bonds. The van der Waals surface area contributed by atoms with Gasteiger partial charge in [-0.3, -0.25) is 19.3 Å². The number of hydrogen-bond donors (Lipinski definition) is 1. The molecule has 0 atom stereocenters. The summed E-state index contributed by atoms with van der Waals surface area (Å²) in [6, 6.07) is 12.9. The van der Waals surface area contributed by atoms with E-state index in [1.165, 1.54) is 17.7 Å². The largest absolute Gasteiger partial charge is 0.371 e. The summed E-state index contributed by atoms with van der Waals surface area (Å²) in [5.41, 5.74) is 3.33. The third kappa shape index (κ3) is 3.82. The van der Waals surface area contributed by atoms with Crippen LogP contribution in [0.4, 0.5) is 5.69 Å². The summed E-state index contributed by atoms with van der Waals surface area (Å²) in [6.45, 7) is 4.93. The first-order chi connectivity index (χ1) is 14.6. The lowest BCUT2D eigenvalue weighted by Crippen LogP contribution is -2.30. The molecule has 2 heterocycles. The van der Waals surface area contributed by atoms with E-state index in [0.29, 0.717) is 29.8 Å². The number of carbonyl (C=O) groups is 3. The number of fused-ring (bicyclic) bond motifs is 1. The van der Waals surface area contributed by atoms with Gasteiger partial charge in [-0.15, -0.1) is 0 Å². The minimum atomic E-state index is -0.308. The fraction of sp³-hybridized carbons (Fsp3) is 0.375. The van der Waals surface area contributed by atoms with Crippen molar-refractivity contribution in [3.63, 3.8) is 0 Å². The van der Waals surface area contributed by atoms with Crippen LogP contribution in [0.5, 0.6) is 0 Å². The number of anilines is 1. The second-order valence-electron chi connectivity index (χ2n) is 7.88. The minimum Gasteiger partial charge on any atom is -0.371 e. The highest BCUT2D eigenvalue weighted by molar-refractivity contribution is 6.22. The maximum atomic E-state index is 12.8. The Hall–Kier alpha value is -3.15. The number of benzene rings is 2. The van der Waals surface area contributed by atoms with Crippen LogP contribution in [-0.2, 0) is 6.54 Å². The summed E-state index contributed by atoms with van der Waals surface area (Å²) in [6.07, 6.45) is 4.06. The van der Waals surface area contributed by atoms with Crippen molar-refractivity contribution in [3.05, 3.63) is 64.7 Å². The topological polar surface area (TPSA) is 69.7 Å². The Kier molecular flexibility index (Phi) is 5.84. The van der Waals surface area contributed by atoms with E-state index in [1.807, 2.05) is 25.1 Å². The van der Waals surface area contributed by atoms with Crippen molar-refractivity contribution in [2.75, 3.05) is 24.5 Å². The Morgan fingerprint density at radius 2 is 1.73 bits per heavy atom. The second kappa shape index (κ2) is 8.69. The molecule has 1 saturated heterocycles. The summed E-state index contributed by atoms with van der Waals surface area (Å²) < 4.78 is 0. The van der Waals surface area contributed by atoms with Crippen LogP contribution in [-0.4, -0.2) is 42.3 Å². The van der Waals surface area contributed by atoms with Crippen molar-refractivity contribution >= 4 is 23.4 Å². The lowest BCUT2D eigenvalue weighted by Gasteiger charge is -2.21. The summed E-state index contributed by atoms with van der Waals surface area (Å²) in [4.78, 5) is 41.5. The number of para-hydroxylation sites is 1. The molecule has 0 spiro atoms. The number of imide groups is 1. The predicted molar refractivity (Wildman–Crippen MR) is 116 cm³/mol. The van der Waals surface area contributed by atoms with Gasteiger partial charge in [-0.2, -0.15) is 0 Å². The average molecular weight is 405 g/mol. The molecule has 0 bridgehead atoms. The Bertz CT molecular complexity index is 979. The van der Waals surface area contributed by atoms with Crippen LogP contribution < -0.4 is 10.2 Å². The van der Waals surface area contributed by atoms with Gasteiger partial charge in [0.15, 0.2) is 0 Å².